The molecule has 0 bridgehead atoms. The van der Waals surface area contributed by atoms with Crippen molar-refractivity contribution in [2.45, 2.75) is 33.9 Å². The van der Waals surface area contributed by atoms with E-state index in [1.165, 1.54) is 0 Å². The smallest absolute Gasteiger partial charge is 0.293 e. The van der Waals surface area contributed by atoms with E-state index in [1.54, 1.807) is 28.3 Å². The van der Waals surface area contributed by atoms with Gasteiger partial charge in [-0.15, -0.1) is 11.3 Å². The van der Waals surface area contributed by atoms with E-state index in [0.29, 0.717) is 24.8 Å². The van der Waals surface area contributed by atoms with Crippen molar-refractivity contribution in [3.63, 3.8) is 0 Å². The average Bonchev–Trinajstić information content (AvgIpc) is 2.76. The van der Waals surface area contributed by atoms with Gasteiger partial charge in [-0.3, -0.25) is 4.79 Å². The molecule has 19 heavy (non-hydrogen) atoms. The third-order valence-electron chi connectivity index (χ3n) is 2.57. The highest BCUT2D eigenvalue weighted by atomic mass is 32.1. The lowest BCUT2D eigenvalue weighted by molar-refractivity contribution is 0.509. The first-order valence-electron chi connectivity index (χ1n) is 6.27. The van der Waals surface area contributed by atoms with Crippen molar-refractivity contribution < 1.29 is 0 Å². The molecule has 0 unspecified atom stereocenters. The molecular weight excluding hydrogens is 260 g/mol. The summed E-state index contributed by atoms with van der Waals surface area (Å²) in [4.78, 5) is 21.5. The van der Waals surface area contributed by atoms with Crippen molar-refractivity contribution in [3.05, 3.63) is 38.8 Å². The summed E-state index contributed by atoms with van der Waals surface area (Å²) < 4.78 is 1.69. The largest absolute Gasteiger partial charge is 0.361 e. The molecule has 0 fully saturated rings. The van der Waals surface area contributed by atoms with Gasteiger partial charge in [-0.05, 0) is 12.8 Å². The standard InChI is InChI=1S/C13H18N4OS/c1-9(2)8-17-5-4-14-12(13(17)18)16-7-11-6-15-10(3)19-11/h4-6,9H,7-8H2,1-3H3,(H,14,16). The first-order chi connectivity index (χ1) is 9.06. The van der Waals surface area contributed by atoms with Crippen LogP contribution in [0.3, 0.4) is 0 Å². The molecule has 6 heteroatoms. The topological polar surface area (TPSA) is 59.8 Å². The summed E-state index contributed by atoms with van der Waals surface area (Å²) in [6, 6.07) is 0. The van der Waals surface area contributed by atoms with Crippen LogP contribution in [0.4, 0.5) is 5.82 Å². The number of hydrogen-bond donors (Lipinski definition) is 1. The highest BCUT2D eigenvalue weighted by Crippen LogP contribution is 2.12. The van der Waals surface area contributed by atoms with E-state index in [1.807, 2.05) is 13.1 Å². The molecule has 0 aliphatic carbocycles. The van der Waals surface area contributed by atoms with Gasteiger partial charge in [0.2, 0.25) is 0 Å². The van der Waals surface area contributed by atoms with Crippen LogP contribution < -0.4 is 10.9 Å². The van der Waals surface area contributed by atoms with E-state index in [-0.39, 0.29) is 5.56 Å². The van der Waals surface area contributed by atoms with Gasteiger partial charge in [0.25, 0.3) is 5.56 Å². The SMILES string of the molecule is Cc1ncc(CNc2nccn(CC(C)C)c2=O)s1. The fraction of sp³-hybridized carbons (Fsp3) is 0.462. The number of aryl methyl sites for hydroxylation is 1. The maximum Gasteiger partial charge on any atom is 0.293 e. The van der Waals surface area contributed by atoms with Crippen LogP contribution in [0.2, 0.25) is 0 Å². The number of hydrogen-bond acceptors (Lipinski definition) is 5. The van der Waals surface area contributed by atoms with Crippen LogP contribution in [0, 0.1) is 12.8 Å². The zero-order chi connectivity index (χ0) is 13.8. The molecule has 0 aliphatic rings. The molecule has 102 valence electrons. The van der Waals surface area contributed by atoms with Crippen LogP contribution in [0.25, 0.3) is 0 Å². The van der Waals surface area contributed by atoms with Gasteiger partial charge in [-0.1, -0.05) is 13.8 Å². The molecule has 2 aromatic heterocycles. The van der Waals surface area contributed by atoms with E-state index in [2.05, 4.69) is 29.1 Å². The third kappa shape index (κ3) is 3.64. The van der Waals surface area contributed by atoms with Gasteiger partial charge in [-0.2, -0.15) is 0 Å². The molecule has 0 saturated heterocycles. The van der Waals surface area contributed by atoms with E-state index in [9.17, 15) is 4.79 Å². The number of rotatable bonds is 5. The molecular formula is C13H18N4OS. The van der Waals surface area contributed by atoms with Crippen LogP contribution in [-0.2, 0) is 13.1 Å². The van der Waals surface area contributed by atoms with E-state index in [4.69, 9.17) is 0 Å². The molecule has 0 saturated carbocycles. The molecule has 0 radical (unpaired) electrons. The molecule has 2 rings (SSSR count). The van der Waals surface area contributed by atoms with Crippen LogP contribution in [-0.4, -0.2) is 14.5 Å². The zero-order valence-electron chi connectivity index (χ0n) is 11.4. The Kier molecular flexibility index (Phi) is 4.31. The zero-order valence-corrected chi connectivity index (χ0v) is 12.2. The quantitative estimate of drug-likeness (QED) is 0.911. The maximum absolute atomic E-state index is 12.2. The van der Waals surface area contributed by atoms with Gasteiger partial charge in [0.1, 0.15) is 0 Å². The fourth-order valence-electron chi connectivity index (χ4n) is 1.76. The molecule has 0 spiro atoms. The van der Waals surface area contributed by atoms with Gasteiger partial charge in [0, 0.05) is 30.0 Å². The average molecular weight is 278 g/mol. The minimum absolute atomic E-state index is 0.0718. The molecule has 0 amide bonds. The summed E-state index contributed by atoms with van der Waals surface area (Å²) >= 11 is 1.62. The van der Waals surface area contributed by atoms with Crippen molar-refractivity contribution >= 4 is 17.2 Å². The minimum Gasteiger partial charge on any atom is -0.361 e. The molecule has 2 heterocycles. The van der Waals surface area contributed by atoms with Crippen LogP contribution in [0.15, 0.2) is 23.4 Å². The highest BCUT2D eigenvalue weighted by Gasteiger charge is 2.06. The second kappa shape index (κ2) is 5.97. The monoisotopic (exact) mass is 278 g/mol. The Morgan fingerprint density at radius 1 is 1.42 bits per heavy atom. The first-order valence-corrected chi connectivity index (χ1v) is 7.08. The number of anilines is 1. The van der Waals surface area contributed by atoms with Crippen molar-refractivity contribution in [3.8, 4) is 0 Å². The summed E-state index contributed by atoms with van der Waals surface area (Å²) in [5.41, 5.74) is -0.0718. The summed E-state index contributed by atoms with van der Waals surface area (Å²) in [6.45, 7) is 7.42. The molecule has 0 aliphatic heterocycles. The normalized spacial score (nSPS) is 10.9. The lowest BCUT2D eigenvalue weighted by Gasteiger charge is -2.10. The lowest BCUT2D eigenvalue weighted by atomic mass is 10.2. The minimum atomic E-state index is -0.0718. The van der Waals surface area contributed by atoms with Gasteiger partial charge in [-0.25, -0.2) is 9.97 Å². The third-order valence-corrected chi connectivity index (χ3v) is 3.49. The molecule has 0 atom stereocenters. The van der Waals surface area contributed by atoms with E-state index < -0.39 is 0 Å². The first kappa shape index (κ1) is 13.7. The second-order valence-electron chi connectivity index (χ2n) is 4.83. The van der Waals surface area contributed by atoms with Crippen molar-refractivity contribution in [1.29, 1.82) is 0 Å². The van der Waals surface area contributed by atoms with Gasteiger partial charge in [0.05, 0.1) is 11.6 Å². The van der Waals surface area contributed by atoms with Crippen LogP contribution >= 0.6 is 11.3 Å². The van der Waals surface area contributed by atoms with Crippen molar-refractivity contribution in [2.24, 2.45) is 5.92 Å². The molecule has 5 nitrogen and oxygen atoms in total. The maximum atomic E-state index is 12.2. The Balaban J connectivity index is 2.10. The summed E-state index contributed by atoms with van der Waals surface area (Å²) in [7, 11) is 0. The second-order valence-corrected chi connectivity index (χ2v) is 6.15. The Bertz CT molecular complexity index is 603. The lowest BCUT2D eigenvalue weighted by Crippen LogP contribution is -2.25. The molecule has 2 aromatic rings. The fourth-order valence-corrected chi connectivity index (χ4v) is 2.50. The number of nitrogens with one attached hydrogen (secondary N) is 1. The number of aromatic nitrogens is 3. The van der Waals surface area contributed by atoms with E-state index in [0.717, 1.165) is 9.88 Å². The Morgan fingerprint density at radius 2 is 2.21 bits per heavy atom. The van der Waals surface area contributed by atoms with E-state index >= 15 is 0 Å². The predicted molar refractivity (Wildman–Crippen MR) is 77.5 cm³/mol. The Labute approximate surface area is 116 Å². The van der Waals surface area contributed by atoms with Gasteiger partial charge >= 0.3 is 0 Å². The van der Waals surface area contributed by atoms with Gasteiger partial charge in [0.15, 0.2) is 5.82 Å². The summed E-state index contributed by atoms with van der Waals surface area (Å²) in [5.74, 6) is 0.825. The summed E-state index contributed by atoms with van der Waals surface area (Å²) in [5, 5.41) is 4.11. The van der Waals surface area contributed by atoms with Gasteiger partial charge < -0.3 is 9.88 Å². The van der Waals surface area contributed by atoms with Crippen LogP contribution in [0.1, 0.15) is 23.7 Å². The van der Waals surface area contributed by atoms with Crippen LogP contribution in [0.5, 0.6) is 0 Å². The Morgan fingerprint density at radius 3 is 2.84 bits per heavy atom. The summed E-state index contributed by atoms with van der Waals surface area (Å²) in [6.07, 6.45) is 5.21. The highest BCUT2D eigenvalue weighted by molar-refractivity contribution is 7.11. The predicted octanol–water partition coefficient (Wildman–Crippen LogP) is 2.28. The molecule has 1 N–H and O–H groups in total. The van der Waals surface area contributed by atoms with Crippen molar-refractivity contribution in [1.82, 2.24) is 14.5 Å². The van der Waals surface area contributed by atoms with Crippen molar-refractivity contribution in [2.75, 3.05) is 5.32 Å². The Hall–Kier alpha value is -1.69. The number of thiazole rings is 1. The number of nitrogens with zero attached hydrogens (tertiary/aromatic N) is 3. The molecule has 0 aromatic carbocycles.